The average molecular weight is 191 g/mol. The lowest BCUT2D eigenvalue weighted by Gasteiger charge is -2.12. The predicted molar refractivity (Wildman–Crippen MR) is 50.5 cm³/mol. The molecule has 72 valence electrons. The molecule has 0 saturated carbocycles. The van der Waals surface area contributed by atoms with Crippen LogP contribution in [0.4, 0.5) is 10.5 Å². The second-order valence-electron chi connectivity index (χ2n) is 2.98. The second kappa shape index (κ2) is 3.49. The van der Waals surface area contributed by atoms with E-state index in [-0.39, 0.29) is 6.09 Å². The van der Waals surface area contributed by atoms with Crippen molar-refractivity contribution in [2.75, 3.05) is 18.1 Å². The molecule has 1 aliphatic heterocycles. The molecular weight excluding hydrogens is 182 g/mol. The van der Waals surface area contributed by atoms with Gasteiger partial charge >= 0.3 is 6.09 Å². The number of cyclic esters (lactones) is 1. The van der Waals surface area contributed by atoms with Gasteiger partial charge in [-0.3, -0.25) is 9.69 Å². The van der Waals surface area contributed by atoms with Crippen LogP contribution in [0.3, 0.4) is 0 Å². The number of amides is 1. The molecule has 0 aliphatic carbocycles. The summed E-state index contributed by atoms with van der Waals surface area (Å²) in [6, 6.07) is 6.88. The van der Waals surface area contributed by atoms with Crippen LogP contribution in [0.15, 0.2) is 24.3 Å². The van der Waals surface area contributed by atoms with E-state index in [2.05, 4.69) is 0 Å². The molecule has 1 aromatic rings. The molecule has 1 fully saturated rings. The van der Waals surface area contributed by atoms with E-state index in [4.69, 9.17) is 4.74 Å². The standard InChI is InChI=1S/C10H9NO3/c12-7-8-2-1-3-9(6-8)11-4-5-14-10(11)13/h1-3,6-7H,4-5H2. The van der Waals surface area contributed by atoms with E-state index < -0.39 is 0 Å². The first-order valence-corrected chi connectivity index (χ1v) is 4.31. The first-order valence-electron chi connectivity index (χ1n) is 4.31. The molecule has 2 rings (SSSR count). The number of rotatable bonds is 2. The SMILES string of the molecule is O=Cc1cccc(N2CCOC2=O)c1. The molecule has 0 bridgehead atoms. The lowest BCUT2D eigenvalue weighted by Crippen LogP contribution is -2.23. The minimum absolute atomic E-state index is 0.354. The first-order chi connectivity index (χ1) is 6.81. The van der Waals surface area contributed by atoms with Crippen LogP contribution in [0.2, 0.25) is 0 Å². The van der Waals surface area contributed by atoms with E-state index in [1.54, 1.807) is 24.3 Å². The Morgan fingerprint density at radius 2 is 2.29 bits per heavy atom. The zero-order chi connectivity index (χ0) is 9.97. The Labute approximate surface area is 81.1 Å². The molecule has 1 heterocycles. The number of ether oxygens (including phenoxy) is 1. The van der Waals surface area contributed by atoms with Crippen molar-refractivity contribution in [2.45, 2.75) is 0 Å². The Balaban J connectivity index is 2.31. The van der Waals surface area contributed by atoms with Crippen LogP contribution in [0.25, 0.3) is 0 Å². The topological polar surface area (TPSA) is 46.6 Å². The smallest absolute Gasteiger partial charge is 0.414 e. The zero-order valence-electron chi connectivity index (χ0n) is 7.47. The van der Waals surface area contributed by atoms with Gasteiger partial charge in [-0.1, -0.05) is 12.1 Å². The molecule has 0 atom stereocenters. The third kappa shape index (κ3) is 1.46. The van der Waals surface area contributed by atoms with E-state index in [9.17, 15) is 9.59 Å². The number of carbonyl (C=O) groups is 2. The van der Waals surface area contributed by atoms with Crippen LogP contribution < -0.4 is 4.90 Å². The van der Waals surface area contributed by atoms with Gasteiger partial charge in [-0.2, -0.15) is 0 Å². The first kappa shape index (κ1) is 8.74. The maximum Gasteiger partial charge on any atom is 0.414 e. The van der Waals surface area contributed by atoms with Crippen molar-refractivity contribution in [3.63, 3.8) is 0 Å². The highest BCUT2D eigenvalue weighted by molar-refractivity contribution is 5.90. The molecule has 1 saturated heterocycles. The summed E-state index contributed by atoms with van der Waals surface area (Å²) < 4.78 is 4.79. The van der Waals surface area contributed by atoms with Gasteiger partial charge in [0, 0.05) is 11.3 Å². The van der Waals surface area contributed by atoms with E-state index in [1.807, 2.05) is 0 Å². The van der Waals surface area contributed by atoms with Gasteiger partial charge in [0.05, 0.1) is 6.54 Å². The Hall–Kier alpha value is -1.84. The molecule has 0 aromatic heterocycles. The minimum atomic E-state index is -0.354. The van der Waals surface area contributed by atoms with Crippen LogP contribution in [-0.2, 0) is 4.74 Å². The predicted octanol–water partition coefficient (Wildman–Crippen LogP) is 1.46. The van der Waals surface area contributed by atoms with Gasteiger partial charge in [-0.05, 0) is 12.1 Å². The summed E-state index contributed by atoms with van der Waals surface area (Å²) in [6.45, 7) is 0.950. The number of aldehydes is 1. The largest absolute Gasteiger partial charge is 0.447 e. The van der Waals surface area contributed by atoms with Crippen LogP contribution in [0.1, 0.15) is 10.4 Å². The van der Waals surface area contributed by atoms with E-state index in [1.165, 1.54) is 4.90 Å². The number of hydrogen-bond acceptors (Lipinski definition) is 3. The van der Waals surface area contributed by atoms with Crippen molar-refractivity contribution in [2.24, 2.45) is 0 Å². The normalized spacial score (nSPS) is 15.4. The van der Waals surface area contributed by atoms with Gasteiger partial charge in [0.2, 0.25) is 0 Å². The van der Waals surface area contributed by atoms with E-state index >= 15 is 0 Å². The third-order valence-electron chi connectivity index (χ3n) is 2.08. The molecule has 0 N–H and O–H groups in total. The van der Waals surface area contributed by atoms with Crippen molar-refractivity contribution >= 4 is 18.1 Å². The highest BCUT2D eigenvalue weighted by Crippen LogP contribution is 2.18. The van der Waals surface area contributed by atoms with Crippen molar-refractivity contribution in [1.29, 1.82) is 0 Å². The third-order valence-corrected chi connectivity index (χ3v) is 2.08. The minimum Gasteiger partial charge on any atom is -0.447 e. The van der Waals surface area contributed by atoms with Gasteiger partial charge in [0.25, 0.3) is 0 Å². The summed E-state index contributed by atoms with van der Waals surface area (Å²) in [5.41, 5.74) is 1.26. The van der Waals surface area contributed by atoms with E-state index in [0.717, 1.165) is 6.29 Å². The number of hydrogen-bond donors (Lipinski definition) is 0. The van der Waals surface area contributed by atoms with Crippen molar-refractivity contribution in [3.8, 4) is 0 Å². The molecule has 1 amide bonds. The summed E-state index contributed by atoms with van der Waals surface area (Å²) in [6.07, 6.45) is 0.401. The Bertz CT molecular complexity index is 375. The maximum absolute atomic E-state index is 11.2. The number of nitrogens with zero attached hydrogens (tertiary/aromatic N) is 1. The molecule has 14 heavy (non-hydrogen) atoms. The summed E-state index contributed by atoms with van der Waals surface area (Å²) in [5, 5.41) is 0. The van der Waals surface area contributed by atoms with E-state index in [0.29, 0.717) is 24.4 Å². The van der Waals surface area contributed by atoms with Gasteiger partial charge < -0.3 is 4.74 Å². The summed E-state index contributed by atoms with van der Waals surface area (Å²) in [5.74, 6) is 0. The van der Waals surface area contributed by atoms with Crippen LogP contribution in [0, 0.1) is 0 Å². The van der Waals surface area contributed by atoms with Crippen molar-refractivity contribution in [3.05, 3.63) is 29.8 Å². The van der Waals surface area contributed by atoms with Crippen LogP contribution in [0.5, 0.6) is 0 Å². The van der Waals surface area contributed by atoms with Crippen molar-refractivity contribution < 1.29 is 14.3 Å². The number of carbonyl (C=O) groups excluding carboxylic acids is 2. The summed E-state index contributed by atoms with van der Waals surface area (Å²) in [7, 11) is 0. The summed E-state index contributed by atoms with van der Waals surface area (Å²) >= 11 is 0. The molecule has 0 spiro atoms. The maximum atomic E-state index is 11.2. The Morgan fingerprint density at radius 1 is 1.43 bits per heavy atom. The lowest BCUT2D eigenvalue weighted by molar-refractivity contribution is 0.112. The second-order valence-corrected chi connectivity index (χ2v) is 2.98. The molecule has 4 heteroatoms. The summed E-state index contributed by atoms with van der Waals surface area (Å²) in [4.78, 5) is 23.2. The van der Waals surface area contributed by atoms with Crippen molar-refractivity contribution in [1.82, 2.24) is 0 Å². The number of benzene rings is 1. The molecule has 4 nitrogen and oxygen atoms in total. The quantitative estimate of drug-likeness (QED) is 0.665. The van der Waals surface area contributed by atoms with Gasteiger partial charge in [-0.25, -0.2) is 4.79 Å². The van der Waals surface area contributed by atoms with Gasteiger partial charge in [-0.15, -0.1) is 0 Å². The monoisotopic (exact) mass is 191 g/mol. The molecule has 0 unspecified atom stereocenters. The number of anilines is 1. The lowest BCUT2D eigenvalue weighted by atomic mass is 10.2. The highest BCUT2D eigenvalue weighted by Gasteiger charge is 2.23. The fraction of sp³-hybridized carbons (Fsp3) is 0.200. The molecular formula is C10H9NO3. The fourth-order valence-electron chi connectivity index (χ4n) is 1.39. The van der Waals surface area contributed by atoms with Gasteiger partial charge in [0.15, 0.2) is 0 Å². The molecule has 1 aliphatic rings. The zero-order valence-corrected chi connectivity index (χ0v) is 7.47. The highest BCUT2D eigenvalue weighted by atomic mass is 16.6. The Kier molecular flexibility index (Phi) is 2.18. The fourth-order valence-corrected chi connectivity index (χ4v) is 1.39. The van der Waals surface area contributed by atoms with Gasteiger partial charge in [0.1, 0.15) is 12.9 Å². The Morgan fingerprint density at radius 3 is 2.93 bits per heavy atom. The molecule has 1 aromatic carbocycles. The molecule has 0 radical (unpaired) electrons. The average Bonchev–Trinajstić information content (AvgIpc) is 2.65. The van der Waals surface area contributed by atoms with Crippen LogP contribution >= 0.6 is 0 Å². The van der Waals surface area contributed by atoms with Crippen LogP contribution in [-0.4, -0.2) is 25.5 Å².